The molecule has 2 aromatic heterocycles. The van der Waals surface area contributed by atoms with Gasteiger partial charge < -0.3 is 9.51 Å². The molecule has 0 radical (unpaired) electrons. The van der Waals surface area contributed by atoms with E-state index in [4.69, 9.17) is 4.52 Å². The van der Waals surface area contributed by atoms with Crippen molar-refractivity contribution in [2.75, 3.05) is 0 Å². The van der Waals surface area contributed by atoms with Crippen molar-refractivity contribution in [3.8, 4) is 11.3 Å². The molecule has 0 saturated carbocycles. The highest BCUT2D eigenvalue weighted by molar-refractivity contribution is 5.90. The largest absolute Gasteiger partial charge is 0.335 e. The van der Waals surface area contributed by atoms with Crippen LogP contribution in [0.4, 0.5) is 0 Å². The number of nitrogens with zero attached hydrogens (tertiary/aromatic N) is 2. The van der Waals surface area contributed by atoms with Crippen molar-refractivity contribution in [1.82, 2.24) is 15.1 Å². The van der Waals surface area contributed by atoms with Crippen molar-refractivity contribution in [3.05, 3.63) is 45.5 Å². The Morgan fingerprint density at radius 2 is 1.84 bits per heavy atom. The first kappa shape index (κ1) is 11.6. The van der Waals surface area contributed by atoms with E-state index in [1.165, 1.54) is 11.9 Å². The van der Waals surface area contributed by atoms with Gasteiger partial charge in [0, 0.05) is 5.56 Å². The second kappa shape index (κ2) is 4.05. The Hall–Kier alpha value is -2.43. The summed E-state index contributed by atoms with van der Waals surface area (Å²) in [6.07, 6.45) is 1.31. The van der Waals surface area contributed by atoms with Gasteiger partial charge in [0.15, 0.2) is 0 Å². The van der Waals surface area contributed by atoms with Gasteiger partial charge in [-0.3, -0.25) is 4.79 Å². The molecule has 0 aliphatic rings. The summed E-state index contributed by atoms with van der Waals surface area (Å²) in [5.41, 5.74) is 4.83. The van der Waals surface area contributed by atoms with E-state index in [1.807, 2.05) is 20.8 Å². The van der Waals surface area contributed by atoms with Crippen LogP contribution in [0.3, 0.4) is 0 Å². The smallest absolute Gasteiger partial charge is 0.265 e. The fourth-order valence-corrected chi connectivity index (χ4v) is 2.52. The van der Waals surface area contributed by atoms with E-state index >= 15 is 0 Å². The van der Waals surface area contributed by atoms with Crippen LogP contribution in [0.5, 0.6) is 0 Å². The average molecular weight is 255 g/mol. The Morgan fingerprint density at radius 3 is 2.53 bits per heavy atom. The van der Waals surface area contributed by atoms with Gasteiger partial charge in [-0.15, -0.1) is 0 Å². The maximum absolute atomic E-state index is 11.9. The molecule has 1 aromatic carbocycles. The predicted molar refractivity (Wildman–Crippen MR) is 72.1 cm³/mol. The maximum Gasteiger partial charge on any atom is 0.265 e. The van der Waals surface area contributed by atoms with E-state index in [9.17, 15) is 4.79 Å². The minimum Gasteiger partial charge on any atom is -0.335 e. The summed E-state index contributed by atoms with van der Waals surface area (Å²) in [5, 5.41) is 4.42. The van der Waals surface area contributed by atoms with Gasteiger partial charge in [0.2, 0.25) is 0 Å². The van der Waals surface area contributed by atoms with Crippen LogP contribution >= 0.6 is 0 Å². The SMILES string of the molecule is Cc1cc(C)c(-c2noc3nc[nH]c(=O)c23)c(C)c1. The molecule has 0 aliphatic carbocycles. The summed E-state index contributed by atoms with van der Waals surface area (Å²) in [5.74, 6) is 0. The van der Waals surface area contributed by atoms with E-state index < -0.39 is 0 Å². The molecule has 96 valence electrons. The summed E-state index contributed by atoms with van der Waals surface area (Å²) >= 11 is 0. The lowest BCUT2D eigenvalue weighted by Gasteiger charge is -2.08. The fraction of sp³-hybridized carbons (Fsp3) is 0.214. The number of hydrogen-bond acceptors (Lipinski definition) is 4. The molecule has 0 amide bonds. The summed E-state index contributed by atoms with van der Waals surface area (Å²) in [6, 6.07) is 4.13. The minimum absolute atomic E-state index is 0.236. The second-order valence-electron chi connectivity index (χ2n) is 4.72. The van der Waals surface area contributed by atoms with Gasteiger partial charge in [0.05, 0.1) is 6.33 Å². The molecule has 2 heterocycles. The van der Waals surface area contributed by atoms with Crippen LogP contribution in [0.1, 0.15) is 16.7 Å². The summed E-state index contributed by atoms with van der Waals surface area (Å²) < 4.78 is 5.14. The van der Waals surface area contributed by atoms with Gasteiger partial charge in [0.1, 0.15) is 11.1 Å². The van der Waals surface area contributed by atoms with E-state index in [0.717, 1.165) is 16.7 Å². The average Bonchev–Trinajstić information content (AvgIpc) is 2.73. The Morgan fingerprint density at radius 1 is 1.16 bits per heavy atom. The lowest BCUT2D eigenvalue weighted by atomic mass is 9.96. The van der Waals surface area contributed by atoms with Crippen LogP contribution in [-0.2, 0) is 0 Å². The monoisotopic (exact) mass is 255 g/mol. The lowest BCUT2D eigenvalue weighted by molar-refractivity contribution is 0.451. The number of H-pyrrole nitrogens is 1. The minimum atomic E-state index is -0.236. The third-order valence-corrected chi connectivity index (χ3v) is 3.19. The summed E-state index contributed by atoms with van der Waals surface area (Å²) in [7, 11) is 0. The molecule has 0 aliphatic heterocycles. The van der Waals surface area contributed by atoms with Crippen molar-refractivity contribution in [3.63, 3.8) is 0 Å². The molecule has 19 heavy (non-hydrogen) atoms. The molecule has 5 heteroatoms. The van der Waals surface area contributed by atoms with Crippen LogP contribution in [-0.4, -0.2) is 15.1 Å². The van der Waals surface area contributed by atoms with Gasteiger partial charge in [0.25, 0.3) is 11.3 Å². The van der Waals surface area contributed by atoms with E-state index in [-0.39, 0.29) is 11.3 Å². The standard InChI is InChI=1S/C14H13N3O2/c1-7-4-8(2)10(9(3)5-7)12-11-13(18)15-6-16-14(11)19-17-12/h4-6H,1-3H3,(H,15,16,18). The number of fused-ring (bicyclic) bond motifs is 1. The van der Waals surface area contributed by atoms with Crippen LogP contribution in [0.2, 0.25) is 0 Å². The Bertz CT molecular complexity index is 807. The molecule has 0 atom stereocenters. The van der Waals surface area contributed by atoms with Gasteiger partial charge >= 0.3 is 0 Å². The molecular formula is C14H13N3O2. The highest BCUT2D eigenvalue weighted by atomic mass is 16.5. The fourth-order valence-electron chi connectivity index (χ4n) is 2.52. The number of aromatic nitrogens is 3. The topological polar surface area (TPSA) is 71.8 Å². The third-order valence-electron chi connectivity index (χ3n) is 3.19. The molecule has 3 aromatic rings. The molecule has 3 rings (SSSR count). The normalized spacial score (nSPS) is 11.1. The van der Waals surface area contributed by atoms with Crippen molar-refractivity contribution in [1.29, 1.82) is 0 Å². The molecular weight excluding hydrogens is 242 g/mol. The van der Waals surface area contributed by atoms with Gasteiger partial charge in [-0.05, 0) is 31.9 Å². The Balaban J connectivity index is 2.41. The van der Waals surface area contributed by atoms with Crippen LogP contribution in [0.15, 0.2) is 27.8 Å². The molecule has 0 fully saturated rings. The quantitative estimate of drug-likeness (QED) is 0.725. The van der Waals surface area contributed by atoms with Crippen LogP contribution < -0.4 is 5.56 Å². The van der Waals surface area contributed by atoms with E-state index in [0.29, 0.717) is 11.1 Å². The zero-order chi connectivity index (χ0) is 13.6. The number of benzene rings is 1. The third kappa shape index (κ3) is 1.74. The van der Waals surface area contributed by atoms with Gasteiger partial charge in [-0.25, -0.2) is 4.98 Å². The zero-order valence-electron chi connectivity index (χ0n) is 10.9. The highest BCUT2D eigenvalue weighted by Crippen LogP contribution is 2.30. The Labute approximate surface area is 109 Å². The molecule has 0 spiro atoms. The number of aryl methyl sites for hydroxylation is 3. The molecule has 0 saturated heterocycles. The molecule has 5 nitrogen and oxygen atoms in total. The summed E-state index contributed by atoms with van der Waals surface area (Å²) in [4.78, 5) is 18.5. The first-order chi connectivity index (χ1) is 9.08. The van der Waals surface area contributed by atoms with Crippen LogP contribution in [0, 0.1) is 20.8 Å². The Kier molecular flexibility index (Phi) is 2.48. The number of aromatic amines is 1. The zero-order valence-corrected chi connectivity index (χ0v) is 10.9. The van der Waals surface area contributed by atoms with Crippen molar-refractivity contribution in [2.24, 2.45) is 0 Å². The van der Waals surface area contributed by atoms with Crippen molar-refractivity contribution in [2.45, 2.75) is 20.8 Å². The maximum atomic E-state index is 11.9. The lowest BCUT2D eigenvalue weighted by Crippen LogP contribution is -2.06. The molecule has 0 bridgehead atoms. The summed E-state index contributed by atoms with van der Waals surface area (Å²) in [6.45, 7) is 6.04. The number of nitrogens with one attached hydrogen (secondary N) is 1. The van der Waals surface area contributed by atoms with Crippen molar-refractivity contribution >= 4 is 11.1 Å². The first-order valence-electron chi connectivity index (χ1n) is 5.99. The first-order valence-corrected chi connectivity index (χ1v) is 5.99. The molecule has 0 unspecified atom stereocenters. The van der Waals surface area contributed by atoms with E-state index in [1.54, 1.807) is 0 Å². The predicted octanol–water partition coefficient (Wildman–Crippen LogP) is 2.50. The van der Waals surface area contributed by atoms with Crippen molar-refractivity contribution < 1.29 is 4.52 Å². The number of rotatable bonds is 1. The van der Waals surface area contributed by atoms with Gasteiger partial charge in [-0.2, -0.15) is 0 Å². The second-order valence-corrected chi connectivity index (χ2v) is 4.72. The highest BCUT2D eigenvalue weighted by Gasteiger charge is 2.18. The van der Waals surface area contributed by atoms with E-state index in [2.05, 4.69) is 27.3 Å². The molecule has 1 N–H and O–H groups in total. The van der Waals surface area contributed by atoms with Gasteiger partial charge in [-0.1, -0.05) is 22.9 Å². The van der Waals surface area contributed by atoms with Crippen LogP contribution in [0.25, 0.3) is 22.4 Å². The number of hydrogen-bond donors (Lipinski definition) is 1.